The minimum atomic E-state index is -6.04. The van der Waals surface area contributed by atoms with Crippen LogP contribution in [0.2, 0.25) is 10.0 Å². The summed E-state index contributed by atoms with van der Waals surface area (Å²) in [5.74, 6) is 0. The number of amidine groups is 1. The largest absolute Gasteiger partial charge is 0.463 e. The zero-order chi connectivity index (χ0) is 19.2. The molecule has 0 atom stereocenters. The van der Waals surface area contributed by atoms with Gasteiger partial charge in [-0.25, -0.2) is 4.99 Å². The van der Waals surface area contributed by atoms with Crippen LogP contribution in [0.4, 0.5) is 32.0 Å². The summed E-state index contributed by atoms with van der Waals surface area (Å²) in [6.07, 6.45) is -12.1. The number of nitrogens with zero attached hydrogens (tertiary/aromatic N) is 2. The first-order valence-corrected chi connectivity index (χ1v) is 7.32. The van der Waals surface area contributed by atoms with Crippen LogP contribution in [0.25, 0.3) is 0 Å². The number of anilines is 1. The summed E-state index contributed by atoms with van der Waals surface area (Å²) in [4.78, 5) is 5.12. The molecule has 0 aromatic heterocycles. The molecule has 12 heteroatoms. The second-order valence-electron chi connectivity index (χ2n) is 5.07. The van der Waals surface area contributed by atoms with E-state index in [1.165, 1.54) is 11.9 Å². The SMILES string of the molecule is CN(C1=NCCO1)c1c(Cl)cc(C(O)(C(F)(F)F)C(F)(F)F)cc1Cl. The molecular weight excluding hydrogens is 401 g/mol. The fourth-order valence-electron chi connectivity index (χ4n) is 2.21. The highest BCUT2D eigenvalue weighted by Gasteiger charge is 2.71. The Morgan fingerprint density at radius 2 is 1.56 bits per heavy atom. The lowest BCUT2D eigenvalue weighted by atomic mass is 9.92. The van der Waals surface area contributed by atoms with Gasteiger partial charge in [-0.05, 0) is 12.1 Å². The maximum absolute atomic E-state index is 12.9. The highest BCUT2D eigenvalue weighted by atomic mass is 35.5. The van der Waals surface area contributed by atoms with Crippen molar-refractivity contribution in [2.24, 2.45) is 4.99 Å². The third-order valence-corrected chi connectivity index (χ3v) is 4.02. The van der Waals surface area contributed by atoms with Crippen molar-refractivity contribution in [3.8, 4) is 0 Å². The zero-order valence-corrected chi connectivity index (χ0v) is 13.9. The quantitative estimate of drug-likeness (QED) is 0.745. The smallest absolute Gasteiger partial charge is 0.430 e. The highest BCUT2D eigenvalue weighted by molar-refractivity contribution is 6.40. The van der Waals surface area contributed by atoms with Crippen molar-refractivity contribution >= 4 is 34.9 Å². The second kappa shape index (κ2) is 6.40. The van der Waals surface area contributed by atoms with Gasteiger partial charge in [0.2, 0.25) is 0 Å². The van der Waals surface area contributed by atoms with E-state index in [1.807, 2.05) is 0 Å². The first-order valence-electron chi connectivity index (χ1n) is 6.57. The van der Waals surface area contributed by atoms with Gasteiger partial charge in [0.1, 0.15) is 6.61 Å². The number of ether oxygens (including phenoxy) is 1. The van der Waals surface area contributed by atoms with Gasteiger partial charge in [-0.1, -0.05) is 23.2 Å². The third kappa shape index (κ3) is 3.34. The number of halogens is 8. The maximum atomic E-state index is 12.9. The molecular formula is C13H10Cl2F6N2O2. The standard InChI is InChI=1S/C13H10Cl2F6N2O2/c1-23(10-22-2-3-25-10)9-7(14)4-6(5-8(9)15)11(24,12(16,17)18)13(19,20)21/h4-5,24H,2-3H2,1H3. The minimum absolute atomic E-state index is 0.0541. The zero-order valence-electron chi connectivity index (χ0n) is 12.3. The summed E-state index contributed by atoms with van der Waals surface area (Å²) in [6.45, 7) is 0.587. The summed E-state index contributed by atoms with van der Waals surface area (Å²) >= 11 is 11.7. The average molecular weight is 411 g/mol. The van der Waals surface area contributed by atoms with Crippen molar-refractivity contribution in [2.75, 3.05) is 25.1 Å². The van der Waals surface area contributed by atoms with E-state index in [1.54, 1.807) is 0 Å². The van der Waals surface area contributed by atoms with E-state index in [0.29, 0.717) is 18.7 Å². The Hall–Kier alpha value is -1.39. The predicted molar refractivity (Wildman–Crippen MR) is 79.1 cm³/mol. The molecule has 1 aliphatic heterocycles. The predicted octanol–water partition coefficient (Wildman–Crippen LogP) is 4.13. The van der Waals surface area contributed by atoms with Crippen LogP contribution < -0.4 is 4.90 Å². The van der Waals surface area contributed by atoms with E-state index >= 15 is 0 Å². The molecule has 0 amide bonds. The highest BCUT2D eigenvalue weighted by Crippen LogP contribution is 2.52. The Balaban J connectivity index is 2.59. The molecule has 2 rings (SSSR count). The van der Waals surface area contributed by atoms with Gasteiger partial charge in [0.25, 0.3) is 11.6 Å². The Kier molecular flexibility index (Phi) is 5.10. The van der Waals surface area contributed by atoms with Gasteiger partial charge in [0, 0.05) is 12.6 Å². The molecule has 25 heavy (non-hydrogen) atoms. The Morgan fingerprint density at radius 1 is 1.08 bits per heavy atom. The van der Waals surface area contributed by atoms with Crippen LogP contribution in [-0.2, 0) is 10.3 Å². The molecule has 1 N–H and O–H groups in total. The number of aliphatic imine (C=N–C) groups is 1. The monoisotopic (exact) mass is 410 g/mol. The van der Waals surface area contributed by atoms with Crippen molar-refractivity contribution in [3.05, 3.63) is 27.7 Å². The third-order valence-electron chi connectivity index (χ3n) is 3.45. The van der Waals surface area contributed by atoms with E-state index < -0.39 is 33.6 Å². The summed E-state index contributed by atoms with van der Waals surface area (Å²) in [5, 5.41) is 8.32. The molecule has 0 radical (unpaired) electrons. The number of alkyl halides is 6. The lowest BCUT2D eigenvalue weighted by Crippen LogP contribution is -2.54. The van der Waals surface area contributed by atoms with Gasteiger partial charge < -0.3 is 9.84 Å². The van der Waals surface area contributed by atoms with Crippen LogP contribution in [-0.4, -0.2) is 43.7 Å². The van der Waals surface area contributed by atoms with Crippen molar-refractivity contribution in [3.63, 3.8) is 0 Å². The average Bonchev–Trinajstić information content (AvgIpc) is 2.96. The van der Waals surface area contributed by atoms with Crippen molar-refractivity contribution in [1.82, 2.24) is 0 Å². The second-order valence-corrected chi connectivity index (χ2v) is 5.88. The lowest BCUT2D eigenvalue weighted by Gasteiger charge is -2.33. The van der Waals surface area contributed by atoms with Crippen LogP contribution in [0, 0.1) is 0 Å². The molecule has 0 aliphatic carbocycles. The van der Waals surface area contributed by atoms with Crippen LogP contribution in [0.5, 0.6) is 0 Å². The Bertz CT molecular complexity index is 668. The summed E-state index contributed by atoms with van der Waals surface area (Å²) < 4.78 is 82.8. The molecule has 1 aromatic carbocycles. The number of benzene rings is 1. The number of rotatable bonds is 2. The number of hydrogen-bond acceptors (Lipinski definition) is 4. The minimum Gasteiger partial charge on any atom is -0.463 e. The molecule has 0 unspecified atom stereocenters. The molecule has 1 aromatic rings. The van der Waals surface area contributed by atoms with Gasteiger partial charge in [-0.15, -0.1) is 0 Å². The molecule has 0 bridgehead atoms. The van der Waals surface area contributed by atoms with Gasteiger partial charge in [-0.3, -0.25) is 4.90 Å². The molecule has 140 valence electrons. The molecule has 0 fully saturated rings. The summed E-state index contributed by atoms with van der Waals surface area (Å²) in [7, 11) is 1.37. The van der Waals surface area contributed by atoms with Gasteiger partial charge >= 0.3 is 12.4 Å². The van der Waals surface area contributed by atoms with E-state index in [-0.39, 0.29) is 18.3 Å². The Labute approximate surface area is 147 Å². The van der Waals surface area contributed by atoms with Gasteiger partial charge in [0.05, 0.1) is 22.3 Å². The lowest BCUT2D eigenvalue weighted by molar-refractivity contribution is -0.376. The van der Waals surface area contributed by atoms with Crippen LogP contribution >= 0.6 is 23.2 Å². The van der Waals surface area contributed by atoms with E-state index in [9.17, 15) is 31.4 Å². The maximum Gasteiger partial charge on any atom is 0.430 e. The Morgan fingerprint density at radius 3 is 1.92 bits per heavy atom. The first-order chi connectivity index (χ1) is 11.3. The summed E-state index contributed by atoms with van der Waals surface area (Å²) in [5.41, 5.74) is -6.78. The number of aliphatic hydroxyl groups is 1. The molecule has 0 saturated heterocycles. The molecule has 0 saturated carbocycles. The first kappa shape index (κ1) is 19.9. The normalized spacial score (nSPS) is 15.8. The van der Waals surface area contributed by atoms with Crippen LogP contribution in [0.3, 0.4) is 0 Å². The number of hydrogen-bond donors (Lipinski definition) is 1. The van der Waals surface area contributed by atoms with Crippen molar-refractivity contribution in [1.29, 1.82) is 0 Å². The van der Waals surface area contributed by atoms with Gasteiger partial charge in [-0.2, -0.15) is 26.3 Å². The van der Waals surface area contributed by atoms with Gasteiger partial charge in [0.15, 0.2) is 0 Å². The van der Waals surface area contributed by atoms with Crippen molar-refractivity contribution < 1.29 is 36.2 Å². The van der Waals surface area contributed by atoms with E-state index in [2.05, 4.69) is 4.99 Å². The fourth-order valence-corrected chi connectivity index (χ4v) is 2.95. The van der Waals surface area contributed by atoms with E-state index in [0.717, 1.165) is 0 Å². The van der Waals surface area contributed by atoms with E-state index in [4.69, 9.17) is 27.9 Å². The fraction of sp³-hybridized carbons (Fsp3) is 0.462. The topological polar surface area (TPSA) is 45.1 Å². The molecule has 1 aliphatic rings. The molecule has 0 spiro atoms. The van der Waals surface area contributed by atoms with Crippen LogP contribution in [0.1, 0.15) is 5.56 Å². The van der Waals surface area contributed by atoms with Crippen LogP contribution in [0.15, 0.2) is 17.1 Å². The summed E-state index contributed by atoms with van der Waals surface area (Å²) in [6, 6.07) is 0.768. The molecule has 1 heterocycles. The van der Waals surface area contributed by atoms with Crippen molar-refractivity contribution in [2.45, 2.75) is 18.0 Å². The molecule has 4 nitrogen and oxygen atoms in total.